The molecule has 1 rings (SSSR count). The topological polar surface area (TPSA) is 55.1 Å². The molecule has 1 aromatic carbocycles. The summed E-state index contributed by atoms with van der Waals surface area (Å²) in [6.45, 7) is 0.381. The molecule has 0 saturated heterocycles. The summed E-state index contributed by atoms with van der Waals surface area (Å²) in [5.41, 5.74) is 5.26. The first-order valence-corrected chi connectivity index (χ1v) is 5.53. The van der Waals surface area contributed by atoms with Gasteiger partial charge in [-0.25, -0.2) is 0 Å². The predicted molar refractivity (Wildman–Crippen MR) is 61.9 cm³/mol. The fourth-order valence-electron chi connectivity index (χ4n) is 1.58. The molecule has 3 N–H and O–H groups in total. The van der Waals surface area contributed by atoms with Crippen LogP contribution in [0.1, 0.15) is 17.9 Å². The average molecular weight is 260 g/mol. The van der Waals surface area contributed by atoms with Gasteiger partial charge in [0.1, 0.15) is 0 Å². The summed E-state index contributed by atoms with van der Waals surface area (Å²) < 4.78 is 38.7. The zero-order valence-corrected chi connectivity index (χ0v) is 9.70. The molecular weight excluding hydrogens is 245 g/mol. The molecule has 1 aromatic rings. The highest BCUT2D eigenvalue weighted by Gasteiger charge is 2.41. The molecular formula is C12H15F3N2O. The van der Waals surface area contributed by atoms with Crippen molar-refractivity contribution in [1.82, 2.24) is 5.32 Å². The number of halogens is 3. The smallest absolute Gasteiger partial charge is 0.355 e. The normalized spacial score (nSPS) is 13.1. The number of amides is 1. The second-order valence-corrected chi connectivity index (χ2v) is 3.85. The molecule has 0 bridgehead atoms. The molecule has 0 aliphatic heterocycles. The fraction of sp³-hybridized carbons (Fsp3) is 0.417. The quantitative estimate of drug-likeness (QED) is 0.848. The Bertz CT molecular complexity index is 379. The van der Waals surface area contributed by atoms with Crippen LogP contribution in [-0.4, -0.2) is 25.2 Å². The molecule has 0 radical (unpaired) electrons. The van der Waals surface area contributed by atoms with Gasteiger partial charge in [0.05, 0.1) is 5.92 Å². The van der Waals surface area contributed by atoms with Crippen LogP contribution in [-0.2, 0) is 4.79 Å². The fourth-order valence-corrected chi connectivity index (χ4v) is 1.58. The number of hydrogen-bond donors (Lipinski definition) is 2. The van der Waals surface area contributed by atoms with Crippen molar-refractivity contribution >= 4 is 5.91 Å². The van der Waals surface area contributed by atoms with Crippen molar-refractivity contribution in [3.05, 3.63) is 35.9 Å². The number of nitrogens with two attached hydrogens (primary N) is 1. The number of carbonyl (C=O) groups is 1. The number of nitrogens with one attached hydrogen (secondary N) is 1. The van der Waals surface area contributed by atoms with Crippen LogP contribution in [0.25, 0.3) is 0 Å². The maximum absolute atomic E-state index is 12.9. The van der Waals surface area contributed by atoms with Gasteiger partial charge in [0, 0.05) is 19.5 Å². The van der Waals surface area contributed by atoms with E-state index in [0.29, 0.717) is 0 Å². The van der Waals surface area contributed by atoms with Crippen LogP contribution < -0.4 is 11.1 Å². The van der Waals surface area contributed by atoms with Crippen molar-refractivity contribution in [2.45, 2.75) is 18.5 Å². The van der Waals surface area contributed by atoms with E-state index in [2.05, 4.69) is 5.32 Å². The minimum Gasteiger partial charge on any atom is -0.355 e. The van der Waals surface area contributed by atoms with Gasteiger partial charge in [0.15, 0.2) is 0 Å². The number of hydrogen-bond acceptors (Lipinski definition) is 2. The number of rotatable bonds is 5. The lowest BCUT2D eigenvalue weighted by molar-refractivity contribution is -0.157. The molecule has 6 heteroatoms. The molecule has 0 saturated carbocycles. The van der Waals surface area contributed by atoms with Crippen LogP contribution in [0.2, 0.25) is 0 Å². The number of carbonyl (C=O) groups excluding carboxylic acids is 1. The van der Waals surface area contributed by atoms with Crippen LogP contribution in [0.3, 0.4) is 0 Å². The summed E-state index contributed by atoms with van der Waals surface area (Å²) in [6, 6.07) is 7.41. The first kappa shape index (κ1) is 14.5. The zero-order chi connectivity index (χ0) is 13.6. The Morgan fingerprint density at radius 1 is 1.28 bits per heavy atom. The van der Waals surface area contributed by atoms with Crippen LogP contribution in [0.15, 0.2) is 30.3 Å². The molecule has 0 fully saturated rings. The van der Waals surface area contributed by atoms with Gasteiger partial charge in [-0.1, -0.05) is 30.3 Å². The molecule has 0 spiro atoms. The second kappa shape index (κ2) is 6.39. The third-order valence-electron chi connectivity index (χ3n) is 2.45. The van der Waals surface area contributed by atoms with E-state index in [1.54, 1.807) is 6.07 Å². The van der Waals surface area contributed by atoms with Crippen molar-refractivity contribution < 1.29 is 18.0 Å². The Kier molecular flexibility index (Phi) is 5.15. The van der Waals surface area contributed by atoms with Gasteiger partial charge in [0.25, 0.3) is 0 Å². The van der Waals surface area contributed by atoms with E-state index in [0.717, 1.165) is 0 Å². The lowest BCUT2D eigenvalue weighted by Crippen LogP contribution is -2.33. The maximum Gasteiger partial charge on any atom is 0.396 e. The summed E-state index contributed by atoms with van der Waals surface area (Å²) in [5, 5.41) is 2.34. The number of alkyl halides is 3. The average Bonchev–Trinajstić information content (AvgIpc) is 2.33. The van der Waals surface area contributed by atoms with Gasteiger partial charge in [-0.2, -0.15) is 13.2 Å². The largest absolute Gasteiger partial charge is 0.396 e. The summed E-state index contributed by atoms with van der Waals surface area (Å²) in [4.78, 5) is 11.4. The van der Waals surface area contributed by atoms with Crippen molar-refractivity contribution in [1.29, 1.82) is 0 Å². The predicted octanol–water partition coefficient (Wildman–Crippen LogP) is 1.80. The molecule has 1 amide bonds. The van der Waals surface area contributed by atoms with E-state index >= 15 is 0 Å². The molecule has 0 heterocycles. The molecule has 100 valence electrons. The molecule has 0 aromatic heterocycles. The Morgan fingerprint density at radius 3 is 2.39 bits per heavy atom. The molecule has 0 aliphatic rings. The molecule has 0 aliphatic carbocycles. The first-order chi connectivity index (χ1) is 8.45. The molecule has 18 heavy (non-hydrogen) atoms. The van der Waals surface area contributed by atoms with Crippen LogP contribution in [0.5, 0.6) is 0 Å². The van der Waals surface area contributed by atoms with E-state index in [4.69, 9.17) is 5.73 Å². The van der Waals surface area contributed by atoms with Gasteiger partial charge >= 0.3 is 6.18 Å². The van der Waals surface area contributed by atoms with Crippen LogP contribution in [0, 0.1) is 0 Å². The van der Waals surface area contributed by atoms with E-state index in [9.17, 15) is 18.0 Å². The third-order valence-corrected chi connectivity index (χ3v) is 2.45. The van der Waals surface area contributed by atoms with Gasteiger partial charge in [-0.05, 0) is 5.56 Å². The van der Waals surface area contributed by atoms with Crippen molar-refractivity contribution in [2.24, 2.45) is 5.73 Å². The lowest BCUT2D eigenvalue weighted by Gasteiger charge is -2.20. The Labute approximate surface area is 103 Å². The van der Waals surface area contributed by atoms with Crippen LogP contribution in [0.4, 0.5) is 13.2 Å². The Balaban J connectivity index is 2.78. The summed E-state index contributed by atoms with van der Waals surface area (Å²) >= 11 is 0. The second-order valence-electron chi connectivity index (χ2n) is 3.85. The highest BCUT2D eigenvalue weighted by Crippen LogP contribution is 2.37. The highest BCUT2D eigenvalue weighted by molar-refractivity contribution is 5.77. The van der Waals surface area contributed by atoms with Crippen molar-refractivity contribution in [3.8, 4) is 0 Å². The Hall–Kier alpha value is -1.56. The molecule has 1 atom stereocenters. The molecule has 1 unspecified atom stereocenters. The monoisotopic (exact) mass is 260 g/mol. The minimum atomic E-state index is -4.44. The lowest BCUT2D eigenvalue weighted by atomic mass is 9.95. The van der Waals surface area contributed by atoms with E-state index in [1.165, 1.54) is 24.3 Å². The first-order valence-electron chi connectivity index (χ1n) is 5.53. The SMILES string of the molecule is NCCNC(=O)CC(c1ccccc1)C(F)(F)F. The van der Waals surface area contributed by atoms with Gasteiger partial charge in [0.2, 0.25) is 5.91 Å². The van der Waals surface area contributed by atoms with Crippen molar-refractivity contribution in [2.75, 3.05) is 13.1 Å². The standard InChI is InChI=1S/C12H15F3N2O/c13-12(14,15)10(8-11(18)17-7-6-16)9-4-2-1-3-5-9/h1-5,10H,6-8,16H2,(H,17,18). The minimum absolute atomic E-state index is 0.0906. The van der Waals surface area contributed by atoms with Crippen molar-refractivity contribution in [3.63, 3.8) is 0 Å². The molecule has 3 nitrogen and oxygen atoms in total. The summed E-state index contributed by atoms with van der Waals surface area (Å²) in [5.74, 6) is -2.43. The maximum atomic E-state index is 12.9. The summed E-state index contributed by atoms with van der Waals surface area (Å²) in [6.07, 6.45) is -5.06. The van der Waals surface area contributed by atoms with Gasteiger partial charge < -0.3 is 11.1 Å². The Morgan fingerprint density at radius 2 is 1.89 bits per heavy atom. The van der Waals surface area contributed by atoms with Crippen LogP contribution >= 0.6 is 0 Å². The van der Waals surface area contributed by atoms with E-state index in [-0.39, 0.29) is 18.7 Å². The zero-order valence-electron chi connectivity index (χ0n) is 9.70. The van der Waals surface area contributed by atoms with E-state index in [1.807, 2.05) is 0 Å². The van der Waals surface area contributed by atoms with Gasteiger partial charge in [-0.15, -0.1) is 0 Å². The highest BCUT2D eigenvalue weighted by atomic mass is 19.4. The van der Waals surface area contributed by atoms with E-state index < -0.39 is 24.4 Å². The number of benzene rings is 1. The van der Waals surface area contributed by atoms with Gasteiger partial charge in [-0.3, -0.25) is 4.79 Å². The summed E-state index contributed by atoms with van der Waals surface area (Å²) in [7, 11) is 0. The third kappa shape index (κ3) is 4.37.